The number of esters is 2. The molecule has 0 heterocycles. The molecule has 0 bridgehead atoms. The lowest BCUT2D eigenvalue weighted by Crippen LogP contribution is -2.32. The number of rotatable bonds is 7. The van der Waals surface area contributed by atoms with Crippen molar-refractivity contribution in [2.24, 2.45) is 0 Å². The molecule has 0 spiro atoms. The molecule has 4 aromatic carbocycles. The molecule has 4 nitrogen and oxygen atoms in total. The van der Waals surface area contributed by atoms with Crippen LogP contribution in [0.15, 0.2) is 109 Å². The largest absolute Gasteiger partial charge is 0.427 e. The Labute approximate surface area is 200 Å². The van der Waals surface area contributed by atoms with Gasteiger partial charge in [0, 0.05) is 19.9 Å². The first-order valence-electron chi connectivity index (χ1n) is 11.0. The average Bonchev–Trinajstić information content (AvgIpc) is 2.83. The highest BCUT2D eigenvalue weighted by Gasteiger charge is 2.45. The number of carbonyl (C=O) groups is 2. The maximum absolute atomic E-state index is 11.7. The van der Waals surface area contributed by atoms with E-state index in [-0.39, 0.29) is 0 Å². The van der Waals surface area contributed by atoms with Crippen LogP contribution < -0.4 is 25.4 Å². The average molecular weight is 469 g/mol. The lowest BCUT2D eigenvalue weighted by atomic mass is 10.2. The van der Waals surface area contributed by atoms with E-state index in [1.807, 2.05) is 30.3 Å². The van der Waals surface area contributed by atoms with Crippen molar-refractivity contribution in [3.8, 4) is 11.5 Å². The molecular formula is C29H26O4P+. The summed E-state index contributed by atoms with van der Waals surface area (Å²) < 4.78 is 10.8. The SMILES string of the molecule is CC(=O)Oc1cc(C[P+](c2ccccc2)(c2ccccc2)c2ccccc2)cc(OC(C)=O)c1. The Hall–Kier alpha value is -3.75. The fraction of sp³-hybridized carbons (Fsp3) is 0.103. The Morgan fingerprint density at radius 1 is 0.588 bits per heavy atom. The van der Waals surface area contributed by atoms with Crippen molar-refractivity contribution >= 4 is 35.1 Å². The van der Waals surface area contributed by atoms with Gasteiger partial charge in [0.25, 0.3) is 0 Å². The first-order valence-corrected chi connectivity index (χ1v) is 13.0. The molecule has 0 aliphatic heterocycles. The van der Waals surface area contributed by atoms with Crippen molar-refractivity contribution < 1.29 is 19.1 Å². The highest BCUT2D eigenvalue weighted by atomic mass is 31.2. The summed E-state index contributed by atoms with van der Waals surface area (Å²) >= 11 is 0. The summed E-state index contributed by atoms with van der Waals surface area (Å²) in [5.41, 5.74) is 0.917. The van der Waals surface area contributed by atoms with E-state index >= 15 is 0 Å². The minimum absolute atomic E-state index is 0.355. The summed E-state index contributed by atoms with van der Waals surface area (Å²) in [5.74, 6) is -0.149. The Bertz CT molecular complexity index is 1140. The second-order valence-corrected chi connectivity index (χ2v) is 11.5. The van der Waals surface area contributed by atoms with Crippen LogP contribution in [0.5, 0.6) is 11.5 Å². The van der Waals surface area contributed by atoms with Crippen LogP contribution in [0.3, 0.4) is 0 Å². The molecule has 170 valence electrons. The van der Waals surface area contributed by atoms with Crippen LogP contribution >= 0.6 is 7.26 Å². The summed E-state index contributed by atoms with van der Waals surface area (Å²) in [7, 11) is -2.16. The van der Waals surface area contributed by atoms with E-state index in [0.29, 0.717) is 17.7 Å². The predicted octanol–water partition coefficient (Wildman–Crippen LogP) is 5.03. The second-order valence-electron chi connectivity index (χ2n) is 7.97. The van der Waals surface area contributed by atoms with E-state index in [0.717, 1.165) is 5.56 Å². The summed E-state index contributed by atoms with van der Waals surface area (Å²) in [6.45, 7) is 2.71. The highest BCUT2D eigenvalue weighted by molar-refractivity contribution is 7.95. The maximum atomic E-state index is 11.7. The predicted molar refractivity (Wildman–Crippen MR) is 138 cm³/mol. The fourth-order valence-corrected chi connectivity index (χ4v) is 8.43. The van der Waals surface area contributed by atoms with Gasteiger partial charge in [0.1, 0.15) is 34.7 Å². The number of hydrogen-bond acceptors (Lipinski definition) is 4. The maximum Gasteiger partial charge on any atom is 0.308 e. The third-order valence-electron chi connectivity index (χ3n) is 5.47. The van der Waals surface area contributed by atoms with Gasteiger partial charge in [-0.25, -0.2) is 0 Å². The van der Waals surface area contributed by atoms with E-state index in [2.05, 4.69) is 72.8 Å². The van der Waals surface area contributed by atoms with Gasteiger partial charge in [-0.2, -0.15) is 0 Å². The topological polar surface area (TPSA) is 52.6 Å². The van der Waals surface area contributed by atoms with E-state index in [1.54, 1.807) is 6.07 Å². The Kier molecular flexibility index (Phi) is 7.20. The van der Waals surface area contributed by atoms with E-state index in [1.165, 1.54) is 29.8 Å². The van der Waals surface area contributed by atoms with Crippen molar-refractivity contribution in [2.75, 3.05) is 0 Å². The van der Waals surface area contributed by atoms with Gasteiger partial charge >= 0.3 is 11.9 Å². The van der Waals surface area contributed by atoms with Crippen LogP contribution in [-0.4, -0.2) is 11.9 Å². The van der Waals surface area contributed by atoms with Gasteiger partial charge in [0.05, 0.1) is 6.16 Å². The zero-order chi connectivity index (χ0) is 24.0. The lowest BCUT2D eigenvalue weighted by molar-refractivity contribution is -0.132. The monoisotopic (exact) mass is 469 g/mol. The molecule has 0 unspecified atom stereocenters. The molecule has 0 amide bonds. The fourth-order valence-electron chi connectivity index (χ4n) is 4.21. The van der Waals surface area contributed by atoms with Gasteiger partial charge in [-0.05, 0) is 54.1 Å². The molecular weight excluding hydrogens is 443 g/mol. The highest BCUT2D eigenvalue weighted by Crippen LogP contribution is 2.58. The standard InChI is InChI=1S/C29H26O4P/c1-22(30)32-25-18-24(19-26(20-25)33-23(2)31)21-34(27-12-6-3-7-13-27,28-14-8-4-9-15-28)29-16-10-5-11-17-29/h3-20H,21H2,1-2H3/q+1. The Morgan fingerprint density at radius 2 is 0.941 bits per heavy atom. The third kappa shape index (κ3) is 5.24. The van der Waals surface area contributed by atoms with Gasteiger partial charge in [0.15, 0.2) is 0 Å². The number of ether oxygens (including phenoxy) is 2. The van der Waals surface area contributed by atoms with Crippen molar-refractivity contribution in [3.05, 3.63) is 115 Å². The number of carbonyl (C=O) groups excluding carboxylic acids is 2. The first-order chi connectivity index (χ1) is 16.5. The van der Waals surface area contributed by atoms with E-state index in [9.17, 15) is 9.59 Å². The van der Waals surface area contributed by atoms with Crippen LogP contribution in [0.2, 0.25) is 0 Å². The van der Waals surface area contributed by atoms with Crippen LogP contribution in [0.4, 0.5) is 0 Å². The minimum atomic E-state index is -2.16. The van der Waals surface area contributed by atoms with Gasteiger partial charge in [-0.1, -0.05) is 54.6 Å². The van der Waals surface area contributed by atoms with Crippen molar-refractivity contribution in [3.63, 3.8) is 0 Å². The normalized spacial score (nSPS) is 11.0. The van der Waals surface area contributed by atoms with Gasteiger partial charge < -0.3 is 9.47 Å². The molecule has 0 aliphatic carbocycles. The summed E-state index contributed by atoms with van der Waals surface area (Å²) in [5, 5.41) is 3.71. The van der Waals surface area contributed by atoms with Crippen molar-refractivity contribution in [1.82, 2.24) is 0 Å². The zero-order valence-corrected chi connectivity index (χ0v) is 20.1. The molecule has 0 atom stereocenters. The molecule has 0 saturated heterocycles. The van der Waals surface area contributed by atoms with Crippen LogP contribution in [0, 0.1) is 0 Å². The first kappa shape index (κ1) is 23.4. The minimum Gasteiger partial charge on any atom is -0.427 e. The summed E-state index contributed by atoms with van der Waals surface area (Å²) in [6.07, 6.45) is 0.661. The molecule has 0 radical (unpaired) electrons. The lowest BCUT2D eigenvalue weighted by Gasteiger charge is -2.28. The molecule has 5 heteroatoms. The Morgan fingerprint density at radius 3 is 1.26 bits per heavy atom. The van der Waals surface area contributed by atoms with Gasteiger partial charge in [-0.15, -0.1) is 0 Å². The second kappa shape index (κ2) is 10.5. The smallest absolute Gasteiger partial charge is 0.308 e. The van der Waals surface area contributed by atoms with Crippen LogP contribution in [0.1, 0.15) is 19.4 Å². The molecule has 0 aromatic heterocycles. The molecule has 0 aliphatic rings. The summed E-state index contributed by atoms with van der Waals surface area (Å²) in [6, 6.07) is 36.8. The van der Waals surface area contributed by atoms with Crippen molar-refractivity contribution in [2.45, 2.75) is 20.0 Å². The third-order valence-corrected chi connectivity index (χ3v) is 9.85. The molecule has 0 N–H and O–H groups in total. The quantitative estimate of drug-likeness (QED) is 0.216. The molecule has 34 heavy (non-hydrogen) atoms. The van der Waals surface area contributed by atoms with Crippen LogP contribution in [0.25, 0.3) is 0 Å². The van der Waals surface area contributed by atoms with Gasteiger partial charge in [0.2, 0.25) is 0 Å². The summed E-state index contributed by atoms with van der Waals surface area (Å²) in [4.78, 5) is 23.4. The molecule has 4 aromatic rings. The Balaban J connectivity index is 1.95. The van der Waals surface area contributed by atoms with E-state index in [4.69, 9.17) is 9.47 Å². The van der Waals surface area contributed by atoms with E-state index < -0.39 is 19.2 Å². The zero-order valence-electron chi connectivity index (χ0n) is 19.2. The van der Waals surface area contributed by atoms with Gasteiger partial charge in [-0.3, -0.25) is 9.59 Å². The molecule has 0 saturated carbocycles. The van der Waals surface area contributed by atoms with Crippen molar-refractivity contribution in [1.29, 1.82) is 0 Å². The number of hydrogen-bond donors (Lipinski definition) is 0. The van der Waals surface area contributed by atoms with Crippen LogP contribution in [-0.2, 0) is 15.8 Å². The molecule has 0 fully saturated rings. The number of benzene rings is 4. The molecule has 4 rings (SSSR count).